The number of benzene rings is 1. The van der Waals surface area contributed by atoms with Crippen molar-refractivity contribution < 1.29 is 4.79 Å². The maximum absolute atomic E-state index is 12.2. The van der Waals surface area contributed by atoms with Gasteiger partial charge in [-0.3, -0.25) is 4.79 Å². The van der Waals surface area contributed by atoms with Gasteiger partial charge in [-0.2, -0.15) is 10.1 Å². The van der Waals surface area contributed by atoms with E-state index in [2.05, 4.69) is 26.8 Å². The summed E-state index contributed by atoms with van der Waals surface area (Å²) in [5.74, 6) is 0.0719. The molecule has 0 bridgehead atoms. The normalized spacial score (nSPS) is 16.3. The monoisotopic (exact) mass is 344 g/mol. The van der Waals surface area contributed by atoms with Crippen LogP contribution in [0.5, 0.6) is 0 Å². The molecule has 24 heavy (non-hydrogen) atoms. The number of hydrogen-bond acceptors (Lipinski definition) is 5. The Bertz CT molecular complexity index is 775. The Labute approximate surface area is 144 Å². The molecule has 1 N–H and O–H groups in total. The van der Waals surface area contributed by atoms with Gasteiger partial charge in [-0.1, -0.05) is 43.0 Å². The van der Waals surface area contributed by atoms with Crippen molar-refractivity contribution in [2.24, 2.45) is 0 Å². The first-order chi connectivity index (χ1) is 11.6. The molecule has 0 aliphatic heterocycles. The van der Waals surface area contributed by atoms with Gasteiger partial charge in [0, 0.05) is 5.56 Å². The van der Waals surface area contributed by atoms with Gasteiger partial charge < -0.3 is 5.32 Å². The van der Waals surface area contributed by atoms with Gasteiger partial charge in [0.05, 0.1) is 11.1 Å². The first-order valence-electron chi connectivity index (χ1n) is 7.87. The maximum atomic E-state index is 12.2. The van der Waals surface area contributed by atoms with E-state index in [1.165, 1.54) is 4.80 Å². The molecule has 0 saturated heterocycles. The van der Waals surface area contributed by atoms with Crippen LogP contribution in [0.3, 0.4) is 0 Å². The lowest BCUT2D eigenvalue weighted by Gasteiger charge is -2.31. The van der Waals surface area contributed by atoms with E-state index in [0.29, 0.717) is 29.3 Å². The maximum Gasteiger partial charge on any atom is 0.244 e. The fourth-order valence-corrected chi connectivity index (χ4v) is 3.14. The average molecular weight is 345 g/mol. The highest BCUT2D eigenvalue weighted by atomic mass is 35.5. The first kappa shape index (κ1) is 16.4. The third-order valence-corrected chi connectivity index (χ3v) is 4.48. The van der Waals surface area contributed by atoms with Gasteiger partial charge in [-0.05, 0) is 30.2 Å². The molecular formula is C16H17ClN6O. The Balaban J connectivity index is 1.67. The molecule has 2 aromatic rings. The van der Waals surface area contributed by atoms with Gasteiger partial charge in [0.1, 0.15) is 12.1 Å². The lowest BCUT2D eigenvalue weighted by Crippen LogP contribution is -2.49. The van der Waals surface area contributed by atoms with Crippen LogP contribution >= 0.6 is 11.6 Å². The lowest BCUT2D eigenvalue weighted by molar-refractivity contribution is -0.123. The van der Waals surface area contributed by atoms with E-state index in [-0.39, 0.29) is 12.5 Å². The number of aromatic nitrogens is 4. The molecule has 1 aliphatic rings. The van der Waals surface area contributed by atoms with Crippen LogP contribution in [0, 0.1) is 11.3 Å². The minimum absolute atomic E-state index is 0.0825. The molecule has 7 nitrogen and oxygen atoms in total. The van der Waals surface area contributed by atoms with Crippen LogP contribution in [0.2, 0.25) is 5.02 Å². The van der Waals surface area contributed by atoms with Crippen LogP contribution in [0.4, 0.5) is 0 Å². The minimum atomic E-state index is -0.762. The van der Waals surface area contributed by atoms with Crippen molar-refractivity contribution in [2.75, 3.05) is 0 Å². The summed E-state index contributed by atoms with van der Waals surface area (Å²) in [7, 11) is 0. The average Bonchev–Trinajstić information content (AvgIpc) is 3.04. The summed E-state index contributed by atoms with van der Waals surface area (Å²) in [5.41, 5.74) is -0.104. The molecule has 1 heterocycles. The van der Waals surface area contributed by atoms with Crippen molar-refractivity contribution >= 4 is 17.5 Å². The third-order valence-electron chi connectivity index (χ3n) is 4.15. The largest absolute Gasteiger partial charge is 0.336 e. The molecule has 3 rings (SSSR count). The standard InChI is InChI=1S/C16H17ClN6O/c17-13-7-3-2-6-12(13)15-20-22-23(21-15)10-14(24)19-16(11-18)8-4-1-5-9-16/h2-3,6-7H,1,4-5,8-10H2,(H,19,24). The van der Waals surface area contributed by atoms with E-state index in [1.807, 2.05) is 12.1 Å². The quantitative estimate of drug-likeness (QED) is 0.918. The van der Waals surface area contributed by atoms with Crippen molar-refractivity contribution in [2.45, 2.75) is 44.2 Å². The van der Waals surface area contributed by atoms with Gasteiger partial charge in [0.15, 0.2) is 0 Å². The van der Waals surface area contributed by atoms with Crippen molar-refractivity contribution in [1.29, 1.82) is 5.26 Å². The summed E-state index contributed by atoms with van der Waals surface area (Å²) in [6.45, 7) is -0.0825. The van der Waals surface area contributed by atoms with E-state index in [4.69, 9.17) is 11.6 Å². The summed E-state index contributed by atoms with van der Waals surface area (Å²) >= 11 is 6.11. The fraction of sp³-hybridized carbons (Fsp3) is 0.438. The summed E-state index contributed by atoms with van der Waals surface area (Å²) in [6.07, 6.45) is 4.37. The summed E-state index contributed by atoms with van der Waals surface area (Å²) in [4.78, 5) is 13.5. The number of nitrogens with zero attached hydrogens (tertiary/aromatic N) is 5. The van der Waals surface area contributed by atoms with Gasteiger partial charge in [0.25, 0.3) is 0 Å². The Hall–Kier alpha value is -2.46. The number of halogens is 1. The molecule has 1 aromatic carbocycles. The van der Waals surface area contributed by atoms with Gasteiger partial charge >= 0.3 is 0 Å². The van der Waals surface area contributed by atoms with E-state index < -0.39 is 5.54 Å². The molecule has 0 atom stereocenters. The number of tetrazole rings is 1. The second-order valence-corrected chi connectivity index (χ2v) is 6.33. The number of nitriles is 1. The highest BCUT2D eigenvalue weighted by Gasteiger charge is 2.33. The van der Waals surface area contributed by atoms with Crippen LogP contribution in [-0.4, -0.2) is 31.7 Å². The van der Waals surface area contributed by atoms with Crippen molar-refractivity contribution in [3.05, 3.63) is 29.3 Å². The van der Waals surface area contributed by atoms with Crippen molar-refractivity contribution in [1.82, 2.24) is 25.5 Å². The highest BCUT2D eigenvalue weighted by Crippen LogP contribution is 2.27. The van der Waals surface area contributed by atoms with Gasteiger partial charge in [-0.15, -0.1) is 10.2 Å². The molecule has 1 amide bonds. The molecule has 1 aromatic heterocycles. The second-order valence-electron chi connectivity index (χ2n) is 5.93. The van der Waals surface area contributed by atoms with Crippen LogP contribution in [0.1, 0.15) is 32.1 Å². The molecular weight excluding hydrogens is 328 g/mol. The van der Waals surface area contributed by atoms with Crippen molar-refractivity contribution in [3.63, 3.8) is 0 Å². The van der Waals surface area contributed by atoms with E-state index in [0.717, 1.165) is 19.3 Å². The minimum Gasteiger partial charge on any atom is -0.336 e. The van der Waals surface area contributed by atoms with E-state index >= 15 is 0 Å². The molecule has 0 radical (unpaired) electrons. The Kier molecular flexibility index (Phi) is 4.76. The molecule has 1 fully saturated rings. The third kappa shape index (κ3) is 3.54. The predicted molar refractivity (Wildman–Crippen MR) is 87.8 cm³/mol. The number of nitrogens with one attached hydrogen (secondary N) is 1. The number of hydrogen-bond donors (Lipinski definition) is 1. The zero-order chi connectivity index (χ0) is 17.0. The zero-order valence-corrected chi connectivity index (χ0v) is 13.8. The van der Waals surface area contributed by atoms with Gasteiger partial charge in [0.2, 0.25) is 11.7 Å². The molecule has 1 saturated carbocycles. The molecule has 124 valence electrons. The Morgan fingerprint density at radius 2 is 2.08 bits per heavy atom. The summed E-state index contributed by atoms with van der Waals surface area (Å²) < 4.78 is 0. The fourth-order valence-electron chi connectivity index (χ4n) is 2.92. The van der Waals surface area contributed by atoms with E-state index in [9.17, 15) is 10.1 Å². The van der Waals surface area contributed by atoms with Crippen LogP contribution in [0.15, 0.2) is 24.3 Å². The zero-order valence-electron chi connectivity index (χ0n) is 13.1. The molecule has 0 unspecified atom stereocenters. The smallest absolute Gasteiger partial charge is 0.244 e. The summed E-state index contributed by atoms with van der Waals surface area (Å²) in [6, 6.07) is 9.43. The second kappa shape index (κ2) is 6.97. The molecule has 8 heteroatoms. The van der Waals surface area contributed by atoms with Crippen LogP contribution in [0.25, 0.3) is 11.4 Å². The predicted octanol–water partition coefficient (Wildman–Crippen LogP) is 2.34. The Morgan fingerprint density at radius 3 is 2.79 bits per heavy atom. The van der Waals surface area contributed by atoms with Crippen LogP contribution in [-0.2, 0) is 11.3 Å². The van der Waals surface area contributed by atoms with Crippen LogP contribution < -0.4 is 5.32 Å². The molecule has 1 aliphatic carbocycles. The number of carbonyl (C=O) groups is 1. The van der Waals surface area contributed by atoms with E-state index in [1.54, 1.807) is 12.1 Å². The lowest BCUT2D eigenvalue weighted by atomic mass is 9.83. The SMILES string of the molecule is N#CC1(NC(=O)Cn2nnc(-c3ccccc3Cl)n2)CCCCC1. The molecule has 0 spiro atoms. The number of rotatable bonds is 4. The first-order valence-corrected chi connectivity index (χ1v) is 8.25. The number of carbonyl (C=O) groups excluding carboxylic acids is 1. The Morgan fingerprint density at radius 1 is 1.33 bits per heavy atom. The highest BCUT2D eigenvalue weighted by molar-refractivity contribution is 6.33. The topological polar surface area (TPSA) is 96.5 Å². The summed E-state index contributed by atoms with van der Waals surface area (Å²) in [5, 5.41) is 24.8. The van der Waals surface area contributed by atoms with Crippen molar-refractivity contribution in [3.8, 4) is 17.5 Å². The number of amides is 1. The van der Waals surface area contributed by atoms with Gasteiger partial charge in [-0.25, -0.2) is 0 Å².